The van der Waals surface area contributed by atoms with Gasteiger partial charge in [0.05, 0.1) is 0 Å². The normalized spacial score (nSPS) is 17.1. The maximum absolute atomic E-state index is 12.8. The number of halogens is 1. The van der Waals surface area contributed by atoms with Gasteiger partial charge < -0.3 is 4.74 Å². The topological polar surface area (TPSA) is 39.2 Å². The number of pyridine rings is 1. The van der Waals surface area contributed by atoms with E-state index >= 15 is 0 Å². The molecule has 2 rings (SSSR count). The van der Waals surface area contributed by atoms with E-state index in [0.29, 0.717) is 0 Å². The van der Waals surface area contributed by atoms with E-state index in [1.165, 1.54) is 24.6 Å². The molecule has 1 aromatic heterocycles. The highest BCUT2D eigenvalue weighted by Crippen LogP contribution is 2.21. The van der Waals surface area contributed by atoms with Crippen molar-refractivity contribution in [1.82, 2.24) is 4.98 Å². The summed E-state index contributed by atoms with van der Waals surface area (Å²) in [6.07, 6.45) is 5.17. The van der Waals surface area contributed by atoms with Gasteiger partial charge in [0, 0.05) is 0 Å². The fourth-order valence-electron chi connectivity index (χ4n) is 1.92. The molecule has 1 heterocycles. The molecule has 1 aliphatic rings. The van der Waals surface area contributed by atoms with E-state index in [1.54, 1.807) is 0 Å². The van der Waals surface area contributed by atoms with Gasteiger partial charge in [-0.25, -0.2) is 9.78 Å². The molecule has 0 aromatic carbocycles. The summed E-state index contributed by atoms with van der Waals surface area (Å²) in [7, 11) is 0. The summed E-state index contributed by atoms with van der Waals surface area (Å²) in [5, 5.41) is 0. The first-order valence-electron chi connectivity index (χ1n) is 5.59. The van der Waals surface area contributed by atoms with Crippen LogP contribution in [0.15, 0.2) is 18.2 Å². The Bertz CT molecular complexity index is 375. The van der Waals surface area contributed by atoms with Crippen molar-refractivity contribution in [3.8, 4) is 0 Å². The molecule has 0 unspecified atom stereocenters. The number of nitrogens with zero attached hydrogens (tertiary/aromatic N) is 1. The SMILES string of the molecule is O=C(OC1CCCCC1)c1cccc(F)n1. The molecule has 1 aromatic rings. The zero-order chi connectivity index (χ0) is 11.4. The monoisotopic (exact) mass is 223 g/mol. The van der Waals surface area contributed by atoms with Gasteiger partial charge in [-0.2, -0.15) is 4.39 Å². The summed E-state index contributed by atoms with van der Waals surface area (Å²) < 4.78 is 18.1. The highest BCUT2D eigenvalue weighted by Gasteiger charge is 2.19. The van der Waals surface area contributed by atoms with Gasteiger partial charge in [0.25, 0.3) is 0 Å². The molecule has 0 spiro atoms. The van der Waals surface area contributed by atoms with Gasteiger partial charge in [-0.05, 0) is 37.8 Å². The summed E-state index contributed by atoms with van der Waals surface area (Å²) in [5.41, 5.74) is 0.0468. The quantitative estimate of drug-likeness (QED) is 0.571. The molecule has 86 valence electrons. The molecule has 0 atom stereocenters. The van der Waals surface area contributed by atoms with Crippen LogP contribution in [0.3, 0.4) is 0 Å². The van der Waals surface area contributed by atoms with Gasteiger partial charge in [0.2, 0.25) is 5.95 Å². The van der Waals surface area contributed by atoms with Crippen LogP contribution in [-0.2, 0) is 4.74 Å². The van der Waals surface area contributed by atoms with Crippen LogP contribution in [0, 0.1) is 5.95 Å². The predicted molar refractivity (Wildman–Crippen MR) is 56.5 cm³/mol. The van der Waals surface area contributed by atoms with Crippen LogP contribution in [0.4, 0.5) is 4.39 Å². The Morgan fingerprint density at radius 3 is 2.75 bits per heavy atom. The first-order valence-corrected chi connectivity index (χ1v) is 5.59. The van der Waals surface area contributed by atoms with E-state index in [9.17, 15) is 9.18 Å². The minimum Gasteiger partial charge on any atom is -0.458 e. The Balaban J connectivity index is 1.97. The minimum atomic E-state index is -0.655. The molecular weight excluding hydrogens is 209 g/mol. The lowest BCUT2D eigenvalue weighted by atomic mass is 9.98. The Morgan fingerprint density at radius 2 is 2.06 bits per heavy atom. The van der Waals surface area contributed by atoms with Gasteiger partial charge in [-0.1, -0.05) is 12.5 Å². The maximum atomic E-state index is 12.8. The Kier molecular flexibility index (Phi) is 3.49. The van der Waals surface area contributed by atoms with Crippen molar-refractivity contribution in [1.29, 1.82) is 0 Å². The van der Waals surface area contributed by atoms with E-state index in [2.05, 4.69) is 4.98 Å². The molecule has 1 saturated carbocycles. The molecule has 1 fully saturated rings. The molecule has 1 aliphatic carbocycles. The molecule has 4 heteroatoms. The molecular formula is C12H14FNO2. The van der Waals surface area contributed by atoms with Crippen molar-refractivity contribution in [2.45, 2.75) is 38.2 Å². The van der Waals surface area contributed by atoms with Gasteiger partial charge >= 0.3 is 5.97 Å². The molecule has 0 radical (unpaired) electrons. The predicted octanol–water partition coefficient (Wildman–Crippen LogP) is 2.71. The summed E-state index contributed by atoms with van der Waals surface area (Å²) in [6, 6.07) is 4.13. The lowest BCUT2D eigenvalue weighted by Crippen LogP contribution is -2.21. The van der Waals surface area contributed by atoms with Gasteiger partial charge in [-0.15, -0.1) is 0 Å². The molecule has 0 saturated heterocycles. The molecule has 0 aliphatic heterocycles. The van der Waals surface area contributed by atoms with E-state index < -0.39 is 11.9 Å². The highest BCUT2D eigenvalue weighted by molar-refractivity contribution is 5.87. The van der Waals surface area contributed by atoms with Gasteiger partial charge in [-0.3, -0.25) is 0 Å². The van der Waals surface area contributed by atoms with Crippen molar-refractivity contribution in [2.24, 2.45) is 0 Å². The zero-order valence-electron chi connectivity index (χ0n) is 8.99. The van der Waals surface area contributed by atoms with Crippen molar-refractivity contribution in [2.75, 3.05) is 0 Å². The van der Waals surface area contributed by atoms with Crippen LogP contribution in [0.5, 0.6) is 0 Å². The Hall–Kier alpha value is -1.45. The first kappa shape index (κ1) is 11.0. The second-order valence-electron chi connectivity index (χ2n) is 4.01. The van der Waals surface area contributed by atoms with Crippen LogP contribution < -0.4 is 0 Å². The maximum Gasteiger partial charge on any atom is 0.357 e. The number of ether oxygens (including phenoxy) is 1. The van der Waals surface area contributed by atoms with E-state index in [0.717, 1.165) is 25.7 Å². The molecule has 0 amide bonds. The van der Waals surface area contributed by atoms with Crippen molar-refractivity contribution in [3.63, 3.8) is 0 Å². The second-order valence-corrected chi connectivity index (χ2v) is 4.01. The summed E-state index contributed by atoms with van der Waals surface area (Å²) in [6.45, 7) is 0. The Labute approximate surface area is 93.6 Å². The number of esters is 1. The number of hydrogen-bond donors (Lipinski definition) is 0. The largest absolute Gasteiger partial charge is 0.458 e. The minimum absolute atomic E-state index is 0.0219. The fraction of sp³-hybridized carbons (Fsp3) is 0.500. The van der Waals surface area contributed by atoms with Crippen molar-refractivity contribution >= 4 is 5.97 Å². The lowest BCUT2D eigenvalue weighted by molar-refractivity contribution is 0.0203. The molecule has 3 nitrogen and oxygen atoms in total. The Morgan fingerprint density at radius 1 is 1.31 bits per heavy atom. The second kappa shape index (κ2) is 5.05. The molecule has 0 N–H and O–H groups in total. The standard InChI is InChI=1S/C12H14FNO2/c13-11-8-4-7-10(14-11)12(15)16-9-5-2-1-3-6-9/h4,7-9H,1-3,5-6H2. The average Bonchev–Trinajstić information content (AvgIpc) is 2.30. The van der Waals surface area contributed by atoms with Crippen LogP contribution in [0.25, 0.3) is 0 Å². The average molecular weight is 223 g/mol. The van der Waals surface area contributed by atoms with Crippen molar-refractivity contribution in [3.05, 3.63) is 29.8 Å². The number of carbonyl (C=O) groups excluding carboxylic acids is 1. The first-order chi connectivity index (χ1) is 7.75. The lowest BCUT2D eigenvalue weighted by Gasteiger charge is -2.21. The molecule has 0 bridgehead atoms. The van der Waals surface area contributed by atoms with Crippen LogP contribution in [0.1, 0.15) is 42.6 Å². The third-order valence-corrected chi connectivity index (χ3v) is 2.75. The van der Waals surface area contributed by atoms with Crippen molar-refractivity contribution < 1.29 is 13.9 Å². The smallest absolute Gasteiger partial charge is 0.357 e. The summed E-state index contributed by atoms with van der Waals surface area (Å²) in [4.78, 5) is 15.1. The van der Waals surface area contributed by atoms with Crippen LogP contribution in [-0.4, -0.2) is 17.1 Å². The number of carbonyl (C=O) groups is 1. The zero-order valence-corrected chi connectivity index (χ0v) is 8.99. The number of aromatic nitrogens is 1. The highest BCUT2D eigenvalue weighted by atomic mass is 19.1. The molecule has 16 heavy (non-hydrogen) atoms. The van der Waals surface area contributed by atoms with Gasteiger partial charge in [0.15, 0.2) is 5.69 Å². The van der Waals surface area contributed by atoms with E-state index in [4.69, 9.17) is 4.74 Å². The summed E-state index contributed by atoms with van der Waals surface area (Å²) in [5.74, 6) is -1.18. The van der Waals surface area contributed by atoms with E-state index in [1.807, 2.05) is 0 Å². The number of hydrogen-bond acceptors (Lipinski definition) is 3. The van der Waals surface area contributed by atoms with Crippen LogP contribution in [0.2, 0.25) is 0 Å². The van der Waals surface area contributed by atoms with E-state index in [-0.39, 0.29) is 11.8 Å². The van der Waals surface area contributed by atoms with Crippen LogP contribution >= 0.6 is 0 Å². The fourth-order valence-corrected chi connectivity index (χ4v) is 1.92. The number of rotatable bonds is 2. The third-order valence-electron chi connectivity index (χ3n) is 2.75. The summed E-state index contributed by atoms with van der Waals surface area (Å²) >= 11 is 0. The third kappa shape index (κ3) is 2.78. The van der Waals surface area contributed by atoms with Gasteiger partial charge in [0.1, 0.15) is 6.10 Å².